The number of rotatable bonds is 3. The van der Waals surface area contributed by atoms with Crippen molar-refractivity contribution in [3.05, 3.63) is 35.6 Å². The van der Waals surface area contributed by atoms with Gasteiger partial charge in [0.05, 0.1) is 7.11 Å². The number of piperazine rings is 1. The lowest BCUT2D eigenvalue weighted by atomic mass is 10.1. The van der Waals surface area contributed by atoms with Gasteiger partial charge in [-0.05, 0) is 18.1 Å². The second-order valence-electron chi connectivity index (χ2n) is 4.64. The van der Waals surface area contributed by atoms with E-state index in [0.29, 0.717) is 19.5 Å². The lowest BCUT2D eigenvalue weighted by Gasteiger charge is -2.33. The van der Waals surface area contributed by atoms with Gasteiger partial charge in [0.2, 0.25) is 0 Å². The van der Waals surface area contributed by atoms with Crippen LogP contribution in [-0.2, 0) is 11.2 Å². The SMILES string of the molecule is COC(=O)N1CCN(CCc2ccccc2F)CC1. The van der Waals surface area contributed by atoms with Gasteiger partial charge in [0, 0.05) is 32.7 Å². The molecule has 1 saturated heterocycles. The van der Waals surface area contributed by atoms with E-state index in [9.17, 15) is 9.18 Å². The van der Waals surface area contributed by atoms with E-state index in [0.717, 1.165) is 25.2 Å². The summed E-state index contributed by atoms with van der Waals surface area (Å²) in [5.41, 5.74) is 0.748. The fourth-order valence-electron chi connectivity index (χ4n) is 2.26. The van der Waals surface area contributed by atoms with E-state index >= 15 is 0 Å². The van der Waals surface area contributed by atoms with Gasteiger partial charge in [-0.25, -0.2) is 9.18 Å². The highest BCUT2D eigenvalue weighted by atomic mass is 19.1. The molecule has 5 heteroatoms. The minimum atomic E-state index is -0.270. The first-order valence-electron chi connectivity index (χ1n) is 6.49. The maximum atomic E-state index is 13.5. The van der Waals surface area contributed by atoms with Crippen molar-refractivity contribution in [3.8, 4) is 0 Å². The summed E-state index contributed by atoms with van der Waals surface area (Å²) in [7, 11) is 1.40. The molecular formula is C14H19FN2O2. The first kappa shape index (κ1) is 13.8. The Balaban J connectivity index is 1.77. The number of ether oxygens (including phenoxy) is 1. The molecule has 0 N–H and O–H groups in total. The van der Waals surface area contributed by atoms with Crippen LogP contribution in [0.15, 0.2) is 24.3 Å². The largest absolute Gasteiger partial charge is 0.453 e. The van der Waals surface area contributed by atoms with E-state index in [1.165, 1.54) is 13.2 Å². The van der Waals surface area contributed by atoms with E-state index in [1.807, 2.05) is 12.1 Å². The first-order valence-corrected chi connectivity index (χ1v) is 6.49. The monoisotopic (exact) mass is 266 g/mol. The Hall–Kier alpha value is -1.62. The fraction of sp³-hybridized carbons (Fsp3) is 0.500. The maximum absolute atomic E-state index is 13.5. The summed E-state index contributed by atoms with van der Waals surface area (Å²) in [4.78, 5) is 15.3. The molecule has 0 aromatic heterocycles. The third kappa shape index (κ3) is 3.67. The molecule has 1 aromatic carbocycles. The summed E-state index contributed by atoms with van der Waals surface area (Å²) in [5, 5.41) is 0. The van der Waals surface area contributed by atoms with Crippen LogP contribution >= 0.6 is 0 Å². The topological polar surface area (TPSA) is 32.8 Å². The zero-order chi connectivity index (χ0) is 13.7. The number of benzene rings is 1. The average Bonchev–Trinajstić information content (AvgIpc) is 2.46. The minimum Gasteiger partial charge on any atom is -0.453 e. The van der Waals surface area contributed by atoms with Gasteiger partial charge < -0.3 is 9.64 Å². The van der Waals surface area contributed by atoms with E-state index in [2.05, 4.69) is 9.64 Å². The number of hydrogen-bond acceptors (Lipinski definition) is 3. The standard InChI is InChI=1S/C14H19FN2O2/c1-19-14(18)17-10-8-16(9-11-17)7-6-12-4-2-3-5-13(12)15/h2-5H,6-11H2,1H3. The Bertz CT molecular complexity index is 431. The van der Waals surface area contributed by atoms with Gasteiger partial charge in [-0.15, -0.1) is 0 Å². The Labute approximate surface area is 112 Å². The molecule has 2 rings (SSSR count). The predicted octanol–water partition coefficient (Wildman–Crippen LogP) is 1.75. The highest BCUT2D eigenvalue weighted by molar-refractivity contribution is 5.67. The molecule has 0 radical (unpaired) electrons. The highest BCUT2D eigenvalue weighted by Crippen LogP contribution is 2.09. The smallest absolute Gasteiger partial charge is 0.409 e. The normalized spacial score (nSPS) is 16.4. The molecule has 4 nitrogen and oxygen atoms in total. The molecule has 0 bridgehead atoms. The number of hydrogen-bond donors (Lipinski definition) is 0. The number of nitrogens with zero attached hydrogens (tertiary/aromatic N) is 2. The Morgan fingerprint density at radius 1 is 1.26 bits per heavy atom. The molecule has 1 aromatic rings. The molecule has 104 valence electrons. The van der Waals surface area contributed by atoms with Crippen molar-refractivity contribution in [1.29, 1.82) is 0 Å². The van der Waals surface area contributed by atoms with Crippen molar-refractivity contribution in [2.75, 3.05) is 39.8 Å². The molecule has 1 fully saturated rings. The van der Waals surface area contributed by atoms with Crippen LogP contribution in [0.4, 0.5) is 9.18 Å². The zero-order valence-electron chi connectivity index (χ0n) is 11.1. The van der Waals surface area contributed by atoms with Crippen LogP contribution in [0.1, 0.15) is 5.56 Å². The second kappa shape index (κ2) is 6.52. The summed E-state index contributed by atoms with van der Waals surface area (Å²) in [5.74, 6) is -0.143. The first-order chi connectivity index (χ1) is 9.20. The fourth-order valence-corrected chi connectivity index (χ4v) is 2.26. The number of halogens is 1. The van der Waals surface area contributed by atoms with Gasteiger partial charge in [0.25, 0.3) is 0 Å². The Morgan fingerprint density at radius 2 is 1.95 bits per heavy atom. The summed E-state index contributed by atoms with van der Waals surface area (Å²) >= 11 is 0. The third-order valence-electron chi connectivity index (χ3n) is 3.46. The van der Waals surface area contributed by atoms with Gasteiger partial charge in [-0.1, -0.05) is 18.2 Å². The van der Waals surface area contributed by atoms with Crippen molar-refractivity contribution in [2.45, 2.75) is 6.42 Å². The van der Waals surface area contributed by atoms with Crippen molar-refractivity contribution < 1.29 is 13.9 Å². The van der Waals surface area contributed by atoms with Gasteiger partial charge >= 0.3 is 6.09 Å². The van der Waals surface area contributed by atoms with Crippen LogP contribution in [0.5, 0.6) is 0 Å². The summed E-state index contributed by atoms with van der Waals surface area (Å²) in [6.45, 7) is 3.77. The maximum Gasteiger partial charge on any atom is 0.409 e. The Morgan fingerprint density at radius 3 is 2.58 bits per heavy atom. The molecule has 1 amide bonds. The van der Waals surface area contributed by atoms with E-state index in [-0.39, 0.29) is 11.9 Å². The van der Waals surface area contributed by atoms with E-state index in [4.69, 9.17) is 0 Å². The van der Waals surface area contributed by atoms with Crippen LogP contribution in [0.2, 0.25) is 0 Å². The molecular weight excluding hydrogens is 247 g/mol. The van der Waals surface area contributed by atoms with Crippen LogP contribution in [0.25, 0.3) is 0 Å². The second-order valence-corrected chi connectivity index (χ2v) is 4.64. The molecule has 0 saturated carbocycles. The van der Waals surface area contributed by atoms with Gasteiger partial charge in [-0.3, -0.25) is 4.90 Å². The third-order valence-corrected chi connectivity index (χ3v) is 3.46. The van der Waals surface area contributed by atoms with Gasteiger partial charge in [0.15, 0.2) is 0 Å². The molecule has 19 heavy (non-hydrogen) atoms. The minimum absolute atomic E-state index is 0.143. The molecule has 1 aliphatic heterocycles. The van der Waals surface area contributed by atoms with E-state index < -0.39 is 0 Å². The summed E-state index contributed by atoms with van der Waals surface area (Å²) in [6, 6.07) is 6.87. The molecule has 0 spiro atoms. The molecule has 0 aliphatic carbocycles. The number of methoxy groups -OCH3 is 1. The molecule has 1 aliphatic rings. The molecule has 0 unspecified atom stereocenters. The van der Waals surface area contributed by atoms with Gasteiger partial charge in [-0.2, -0.15) is 0 Å². The number of carbonyl (C=O) groups is 1. The number of amides is 1. The van der Waals surface area contributed by atoms with Gasteiger partial charge in [0.1, 0.15) is 5.82 Å². The average molecular weight is 266 g/mol. The lowest BCUT2D eigenvalue weighted by Crippen LogP contribution is -2.49. The van der Waals surface area contributed by atoms with Crippen molar-refractivity contribution in [3.63, 3.8) is 0 Å². The van der Waals surface area contributed by atoms with Crippen LogP contribution in [0.3, 0.4) is 0 Å². The zero-order valence-corrected chi connectivity index (χ0v) is 11.1. The van der Waals surface area contributed by atoms with E-state index in [1.54, 1.807) is 11.0 Å². The molecule has 0 atom stereocenters. The van der Waals surface area contributed by atoms with Crippen molar-refractivity contribution >= 4 is 6.09 Å². The summed E-state index contributed by atoms with van der Waals surface area (Å²) < 4.78 is 18.2. The van der Waals surface area contributed by atoms with Crippen molar-refractivity contribution in [1.82, 2.24) is 9.80 Å². The Kier molecular flexibility index (Phi) is 4.74. The summed E-state index contributed by atoms with van der Waals surface area (Å²) in [6.07, 6.45) is 0.430. The van der Waals surface area contributed by atoms with Crippen LogP contribution in [-0.4, -0.2) is 55.7 Å². The molecule has 1 heterocycles. The predicted molar refractivity (Wildman–Crippen MR) is 70.5 cm³/mol. The van der Waals surface area contributed by atoms with Crippen LogP contribution in [0, 0.1) is 5.82 Å². The van der Waals surface area contributed by atoms with Crippen molar-refractivity contribution in [2.24, 2.45) is 0 Å². The quantitative estimate of drug-likeness (QED) is 0.835. The number of carbonyl (C=O) groups excluding carboxylic acids is 1. The van der Waals surface area contributed by atoms with Crippen LogP contribution < -0.4 is 0 Å². The lowest BCUT2D eigenvalue weighted by molar-refractivity contribution is 0.0914. The highest BCUT2D eigenvalue weighted by Gasteiger charge is 2.21.